The molecule has 0 spiro atoms. The molecule has 0 amide bonds. The van der Waals surface area contributed by atoms with Crippen molar-refractivity contribution in [3.05, 3.63) is 16.1 Å². The molecule has 8 nitrogen and oxygen atoms in total. The van der Waals surface area contributed by atoms with Gasteiger partial charge in [-0.25, -0.2) is 22.9 Å². The Morgan fingerprint density at radius 2 is 2.05 bits per heavy atom. The first kappa shape index (κ1) is 16.5. The van der Waals surface area contributed by atoms with Crippen molar-refractivity contribution >= 4 is 33.3 Å². The summed E-state index contributed by atoms with van der Waals surface area (Å²) in [7, 11) is -2.84. The third-order valence-corrected chi connectivity index (χ3v) is 5.28. The van der Waals surface area contributed by atoms with Crippen LogP contribution in [0.1, 0.15) is 35.4 Å². The molecule has 1 aromatic rings. The smallest absolute Gasteiger partial charge is 0.355 e. The molecule has 0 radical (unpaired) electrons. The number of sulfonamides is 1. The minimum absolute atomic E-state index is 0.155. The Balaban J connectivity index is 2.86. The molecule has 0 bridgehead atoms. The number of rotatable bonds is 6. The summed E-state index contributed by atoms with van der Waals surface area (Å²) in [6.07, 6.45) is 0. The molecule has 0 aliphatic heterocycles. The van der Waals surface area contributed by atoms with Crippen molar-refractivity contribution in [3.63, 3.8) is 0 Å². The van der Waals surface area contributed by atoms with Crippen LogP contribution in [0.25, 0.3) is 0 Å². The predicted molar refractivity (Wildman–Crippen MR) is 71.0 cm³/mol. The Labute approximate surface area is 119 Å². The fraction of sp³-hybridized carbons (Fsp3) is 0.500. The maximum absolute atomic E-state index is 11.9. The minimum Gasteiger partial charge on any atom is -0.476 e. The second-order valence-corrected chi connectivity index (χ2v) is 6.85. The van der Waals surface area contributed by atoms with Crippen molar-refractivity contribution < 1.29 is 27.9 Å². The molecule has 1 heterocycles. The van der Waals surface area contributed by atoms with E-state index in [9.17, 15) is 18.0 Å². The highest BCUT2D eigenvalue weighted by Gasteiger charge is 2.31. The Morgan fingerprint density at radius 3 is 2.50 bits per heavy atom. The number of hydrogen-bond donors (Lipinski definition) is 2. The zero-order chi connectivity index (χ0) is 15.5. The van der Waals surface area contributed by atoms with Gasteiger partial charge in [-0.1, -0.05) is 0 Å². The average molecular weight is 322 g/mol. The van der Waals surface area contributed by atoms with Crippen LogP contribution in [0.15, 0.2) is 5.38 Å². The van der Waals surface area contributed by atoms with Crippen molar-refractivity contribution in [1.82, 2.24) is 9.71 Å². The molecular formula is C10H14N2O6S2. The summed E-state index contributed by atoms with van der Waals surface area (Å²) < 4.78 is 30.4. The molecule has 2 N–H and O–H groups in total. The third-order valence-electron chi connectivity index (χ3n) is 2.45. The topological polar surface area (TPSA) is 123 Å². The molecule has 2 unspecified atom stereocenters. The van der Waals surface area contributed by atoms with E-state index in [0.717, 1.165) is 18.4 Å². The zero-order valence-electron chi connectivity index (χ0n) is 11.0. The van der Waals surface area contributed by atoms with Gasteiger partial charge in [0.15, 0.2) is 10.9 Å². The molecule has 0 saturated heterocycles. The molecule has 0 aliphatic rings. The standard InChI is InChI=1S/C10H14N2O6S2/c1-5(8-11-7(4-19-8)9(13)14)12-20(16,17)6(2)10(15)18-3/h4-6,12H,1-3H3,(H,13,14). The fourth-order valence-corrected chi connectivity index (χ4v) is 3.31. The zero-order valence-corrected chi connectivity index (χ0v) is 12.6. The highest BCUT2D eigenvalue weighted by molar-refractivity contribution is 7.90. The van der Waals surface area contributed by atoms with Gasteiger partial charge in [-0.05, 0) is 13.8 Å². The number of esters is 1. The van der Waals surface area contributed by atoms with Gasteiger partial charge in [0.05, 0.1) is 13.2 Å². The summed E-state index contributed by atoms with van der Waals surface area (Å²) in [5.41, 5.74) is -0.155. The van der Waals surface area contributed by atoms with Crippen LogP contribution in [0.2, 0.25) is 0 Å². The molecule has 0 aliphatic carbocycles. The van der Waals surface area contributed by atoms with Gasteiger partial charge in [0, 0.05) is 5.38 Å². The number of carbonyl (C=O) groups is 2. The number of carboxylic acids is 1. The number of aromatic carboxylic acids is 1. The van der Waals surface area contributed by atoms with E-state index in [1.807, 2.05) is 0 Å². The van der Waals surface area contributed by atoms with Crippen LogP contribution in [0.5, 0.6) is 0 Å². The van der Waals surface area contributed by atoms with Crippen LogP contribution in [0.3, 0.4) is 0 Å². The molecule has 2 atom stereocenters. The largest absolute Gasteiger partial charge is 0.476 e. The Morgan fingerprint density at radius 1 is 1.45 bits per heavy atom. The molecule has 20 heavy (non-hydrogen) atoms. The molecular weight excluding hydrogens is 308 g/mol. The number of methoxy groups -OCH3 is 1. The van der Waals surface area contributed by atoms with Crippen molar-refractivity contribution in [2.24, 2.45) is 0 Å². The molecule has 0 fully saturated rings. The van der Waals surface area contributed by atoms with E-state index >= 15 is 0 Å². The van der Waals surface area contributed by atoms with E-state index in [-0.39, 0.29) is 5.69 Å². The molecule has 1 aromatic heterocycles. The first-order valence-corrected chi connectivity index (χ1v) is 7.89. The molecule has 10 heteroatoms. The predicted octanol–water partition coefficient (Wildman–Crippen LogP) is 0.383. The summed E-state index contributed by atoms with van der Waals surface area (Å²) in [6.45, 7) is 2.71. The lowest BCUT2D eigenvalue weighted by molar-refractivity contribution is -0.139. The Hall–Kier alpha value is -1.52. The van der Waals surface area contributed by atoms with E-state index in [4.69, 9.17) is 5.11 Å². The lowest BCUT2D eigenvalue weighted by Crippen LogP contribution is -2.39. The van der Waals surface area contributed by atoms with E-state index in [1.54, 1.807) is 0 Å². The third kappa shape index (κ3) is 3.74. The van der Waals surface area contributed by atoms with Crippen molar-refractivity contribution in [3.8, 4) is 0 Å². The molecule has 112 valence electrons. The number of nitrogens with zero attached hydrogens (tertiary/aromatic N) is 1. The summed E-state index contributed by atoms with van der Waals surface area (Å²) in [6, 6.07) is -0.745. The number of hydrogen-bond acceptors (Lipinski definition) is 7. The van der Waals surface area contributed by atoms with Crippen LogP contribution >= 0.6 is 11.3 Å². The highest BCUT2D eigenvalue weighted by atomic mass is 32.2. The number of carbonyl (C=O) groups excluding carboxylic acids is 1. The fourth-order valence-electron chi connectivity index (χ4n) is 1.28. The van der Waals surface area contributed by atoms with Gasteiger partial charge in [-0.15, -0.1) is 11.3 Å². The first-order chi connectivity index (χ1) is 9.19. The lowest BCUT2D eigenvalue weighted by atomic mass is 10.4. The number of nitrogens with one attached hydrogen (secondary N) is 1. The number of aromatic nitrogens is 1. The van der Waals surface area contributed by atoms with E-state index < -0.39 is 33.3 Å². The first-order valence-electron chi connectivity index (χ1n) is 5.46. The summed E-state index contributed by atoms with van der Waals surface area (Å²) in [4.78, 5) is 25.7. The van der Waals surface area contributed by atoms with Gasteiger partial charge in [0.2, 0.25) is 10.0 Å². The lowest BCUT2D eigenvalue weighted by Gasteiger charge is -2.15. The number of ether oxygens (including phenoxy) is 1. The van der Waals surface area contributed by atoms with E-state index in [1.165, 1.54) is 19.2 Å². The van der Waals surface area contributed by atoms with Crippen molar-refractivity contribution in [1.29, 1.82) is 0 Å². The Bertz CT molecular complexity index is 609. The van der Waals surface area contributed by atoms with Gasteiger partial charge in [0.1, 0.15) is 5.01 Å². The van der Waals surface area contributed by atoms with Gasteiger partial charge in [-0.3, -0.25) is 4.79 Å². The van der Waals surface area contributed by atoms with Crippen LogP contribution in [-0.2, 0) is 19.6 Å². The highest BCUT2D eigenvalue weighted by Crippen LogP contribution is 2.19. The normalized spacial score (nSPS) is 14.6. The van der Waals surface area contributed by atoms with E-state index in [0.29, 0.717) is 5.01 Å². The summed E-state index contributed by atoms with van der Waals surface area (Å²) in [5.74, 6) is -2.07. The maximum atomic E-state index is 11.9. The summed E-state index contributed by atoms with van der Waals surface area (Å²) >= 11 is 1.02. The van der Waals surface area contributed by atoms with Crippen LogP contribution in [-0.4, -0.2) is 42.8 Å². The van der Waals surface area contributed by atoms with Crippen LogP contribution in [0.4, 0.5) is 0 Å². The average Bonchev–Trinajstić information content (AvgIpc) is 2.86. The van der Waals surface area contributed by atoms with Gasteiger partial charge in [0.25, 0.3) is 0 Å². The number of carboxylic acid groups (broad SMARTS) is 1. The van der Waals surface area contributed by atoms with Gasteiger partial charge in [-0.2, -0.15) is 0 Å². The molecule has 0 saturated carbocycles. The van der Waals surface area contributed by atoms with E-state index in [2.05, 4.69) is 14.4 Å². The van der Waals surface area contributed by atoms with Crippen LogP contribution in [0, 0.1) is 0 Å². The number of thiazole rings is 1. The maximum Gasteiger partial charge on any atom is 0.355 e. The van der Waals surface area contributed by atoms with Crippen molar-refractivity contribution in [2.75, 3.05) is 7.11 Å². The van der Waals surface area contributed by atoms with Gasteiger partial charge < -0.3 is 9.84 Å². The monoisotopic (exact) mass is 322 g/mol. The summed E-state index contributed by atoms with van der Waals surface area (Å²) in [5, 5.41) is 8.99. The molecule has 1 rings (SSSR count). The minimum atomic E-state index is -3.94. The molecule has 0 aromatic carbocycles. The second-order valence-electron chi connectivity index (χ2n) is 3.93. The second kappa shape index (κ2) is 6.29. The van der Waals surface area contributed by atoms with Crippen LogP contribution < -0.4 is 4.72 Å². The quantitative estimate of drug-likeness (QED) is 0.726. The SMILES string of the molecule is COC(=O)C(C)S(=O)(=O)NC(C)c1nc(C(=O)O)cs1. The van der Waals surface area contributed by atoms with Crippen molar-refractivity contribution in [2.45, 2.75) is 25.1 Å². The van der Waals surface area contributed by atoms with Gasteiger partial charge >= 0.3 is 11.9 Å². The Kier molecular flexibility index (Phi) is 5.20.